The minimum atomic E-state index is 0.129. The molecule has 17 heavy (non-hydrogen) atoms. The van der Waals surface area contributed by atoms with E-state index in [1.165, 1.54) is 24.0 Å². The van der Waals surface area contributed by atoms with Gasteiger partial charge >= 0.3 is 0 Å². The summed E-state index contributed by atoms with van der Waals surface area (Å²) in [5, 5.41) is 2.95. The van der Waals surface area contributed by atoms with Crippen LogP contribution >= 0.6 is 0 Å². The van der Waals surface area contributed by atoms with E-state index in [2.05, 4.69) is 26.1 Å². The van der Waals surface area contributed by atoms with E-state index in [0.29, 0.717) is 6.42 Å². The van der Waals surface area contributed by atoms with Crippen LogP contribution in [0.1, 0.15) is 50.2 Å². The van der Waals surface area contributed by atoms with E-state index in [4.69, 9.17) is 0 Å². The molecule has 0 aliphatic heterocycles. The van der Waals surface area contributed by atoms with Crippen LogP contribution in [0.3, 0.4) is 0 Å². The molecule has 0 aliphatic rings. The first-order chi connectivity index (χ1) is 8.13. The van der Waals surface area contributed by atoms with Gasteiger partial charge in [0.25, 0.3) is 0 Å². The van der Waals surface area contributed by atoms with E-state index in [1.54, 1.807) is 0 Å². The van der Waals surface area contributed by atoms with Gasteiger partial charge in [0.15, 0.2) is 0 Å². The smallest absolute Gasteiger partial charge is 0.224 e. The van der Waals surface area contributed by atoms with Crippen molar-refractivity contribution < 1.29 is 4.79 Å². The molecule has 0 saturated carbocycles. The second kappa shape index (κ2) is 7.10. The Morgan fingerprint density at radius 2 is 1.88 bits per heavy atom. The molecule has 94 valence electrons. The second-order valence-corrected chi connectivity index (χ2v) is 4.66. The molecule has 0 radical (unpaired) electrons. The Bertz CT molecular complexity index is 371. The number of carbonyl (C=O) groups is 1. The van der Waals surface area contributed by atoms with E-state index < -0.39 is 0 Å². The van der Waals surface area contributed by atoms with Crippen molar-refractivity contribution in [3.8, 4) is 0 Å². The van der Waals surface area contributed by atoms with Gasteiger partial charge in [-0.15, -0.1) is 0 Å². The third-order valence-corrected chi connectivity index (χ3v) is 3.05. The maximum atomic E-state index is 11.7. The number of amides is 1. The molecule has 0 saturated heterocycles. The van der Waals surface area contributed by atoms with Gasteiger partial charge in [0, 0.05) is 12.1 Å². The number of rotatable bonds is 6. The maximum absolute atomic E-state index is 11.7. The molecule has 1 rings (SSSR count). The Kier molecular flexibility index (Phi) is 5.75. The summed E-state index contributed by atoms with van der Waals surface area (Å²) in [5.74, 6) is 0.129. The number of hydrogen-bond acceptors (Lipinski definition) is 1. The molecular weight excluding hydrogens is 210 g/mol. The number of benzene rings is 1. The van der Waals surface area contributed by atoms with E-state index in [0.717, 1.165) is 18.5 Å². The molecule has 0 aromatic heterocycles. The quantitative estimate of drug-likeness (QED) is 0.733. The van der Waals surface area contributed by atoms with Gasteiger partial charge in [-0.3, -0.25) is 4.79 Å². The second-order valence-electron chi connectivity index (χ2n) is 4.66. The van der Waals surface area contributed by atoms with Crippen molar-refractivity contribution in [2.24, 2.45) is 0 Å². The minimum Gasteiger partial charge on any atom is -0.326 e. The molecule has 0 heterocycles. The summed E-state index contributed by atoms with van der Waals surface area (Å²) < 4.78 is 0. The van der Waals surface area contributed by atoms with Crippen LogP contribution in [0.2, 0.25) is 0 Å². The monoisotopic (exact) mass is 233 g/mol. The van der Waals surface area contributed by atoms with Gasteiger partial charge in [0.1, 0.15) is 0 Å². The van der Waals surface area contributed by atoms with Crippen LogP contribution in [0.25, 0.3) is 0 Å². The van der Waals surface area contributed by atoms with Crippen molar-refractivity contribution in [1.29, 1.82) is 0 Å². The third kappa shape index (κ3) is 5.03. The number of aryl methyl sites for hydroxylation is 2. The summed E-state index contributed by atoms with van der Waals surface area (Å²) in [6.45, 7) is 6.31. The number of anilines is 1. The highest BCUT2D eigenvalue weighted by Crippen LogP contribution is 2.14. The van der Waals surface area contributed by atoms with Crippen LogP contribution < -0.4 is 5.32 Å². The van der Waals surface area contributed by atoms with Gasteiger partial charge in [-0.1, -0.05) is 32.3 Å². The first-order valence-corrected chi connectivity index (χ1v) is 6.50. The summed E-state index contributed by atoms with van der Waals surface area (Å²) >= 11 is 0. The SMILES string of the molecule is CCCCCCC(=O)Nc1ccc(C)c(C)c1. The predicted octanol–water partition coefficient (Wildman–Crippen LogP) is 4.21. The fourth-order valence-electron chi connectivity index (χ4n) is 1.75. The zero-order valence-corrected chi connectivity index (χ0v) is 11.2. The largest absolute Gasteiger partial charge is 0.326 e. The van der Waals surface area contributed by atoms with Crippen LogP contribution in [-0.4, -0.2) is 5.91 Å². The van der Waals surface area contributed by atoms with E-state index in [1.807, 2.05) is 18.2 Å². The number of nitrogens with one attached hydrogen (secondary N) is 1. The molecule has 1 aromatic carbocycles. The van der Waals surface area contributed by atoms with Crippen LogP contribution in [0, 0.1) is 13.8 Å². The van der Waals surface area contributed by atoms with Crippen molar-refractivity contribution in [2.75, 3.05) is 5.32 Å². The van der Waals surface area contributed by atoms with Gasteiger partial charge in [-0.25, -0.2) is 0 Å². The molecule has 1 aromatic rings. The van der Waals surface area contributed by atoms with E-state index in [-0.39, 0.29) is 5.91 Å². The number of hydrogen-bond donors (Lipinski definition) is 1. The molecule has 0 aliphatic carbocycles. The van der Waals surface area contributed by atoms with Gasteiger partial charge in [0.05, 0.1) is 0 Å². The summed E-state index contributed by atoms with van der Waals surface area (Å²) in [6, 6.07) is 6.04. The zero-order chi connectivity index (χ0) is 12.7. The lowest BCUT2D eigenvalue weighted by Crippen LogP contribution is -2.11. The first kappa shape index (κ1) is 13.8. The molecule has 0 atom stereocenters. The summed E-state index contributed by atoms with van der Waals surface area (Å²) in [4.78, 5) is 11.7. The standard InChI is InChI=1S/C15H23NO/c1-4-5-6-7-8-15(17)16-14-10-9-12(2)13(3)11-14/h9-11H,4-8H2,1-3H3,(H,16,17). The summed E-state index contributed by atoms with van der Waals surface area (Å²) in [6.07, 6.45) is 5.20. The molecule has 2 nitrogen and oxygen atoms in total. The highest BCUT2D eigenvalue weighted by atomic mass is 16.1. The van der Waals surface area contributed by atoms with Crippen LogP contribution in [-0.2, 0) is 4.79 Å². The molecule has 2 heteroatoms. The van der Waals surface area contributed by atoms with E-state index >= 15 is 0 Å². The molecule has 0 spiro atoms. The highest BCUT2D eigenvalue weighted by molar-refractivity contribution is 5.90. The van der Waals surface area contributed by atoms with E-state index in [9.17, 15) is 4.79 Å². The Balaban J connectivity index is 2.37. The third-order valence-electron chi connectivity index (χ3n) is 3.05. The lowest BCUT2D eigenvalue weighted by Gasteiger charge is -2.07. The number of carbonyl (C=O) groups excluding carboxylic acids is 1. The average Bonchev–Trinajstić information content (AvgIpc) is 2.30. The fraction of sp³-hybridized carbons (Fsp3) is 0.533. The lowest BCUT2D eigenvalue weighted by atomic mass is 10.1. The lowest BCUT2D eigenvalue weighted by molar-refractivity contribution is -0.116. The molecular formula is C15H23NO. The first-order valence-electron chi connectivity index (χ1n) is 6.50. The summed E-state index contributed by atoms with van der Waals surface area (Å²) in [5.41, 5.74) is 3.38. The Hall–Kier alpha value is -1.31. The molecule has 1 N–H and O–H groups in total. The molecule has 0 fully saturated rings. The van der Waals surface area contributed by atoms with Gasteiger partial charge in [-0.05, 0) is 43.5 Å². The highest BCUT2D eigenvalue weighted by Gasteiger charge is 2.02. The van der Waals surface area contributed by atoms with Gasteiger partial charge in [0.2, 0.25) is 5.91 Å². The topological polar surface area (TPSA) is 29.1 Å². The number of unbranched alkanes of at least 4 members (excludes halogenated alkanes) is 3. The van der Waals surface area contributed by atoms with Gasteiger partial charge in [-0.2, -0.15) is 0 Å². The predicted molar refractivity (Wildman–Crippen MR) is 73.3 cm³/mol. The normalized spacial score (nSPS) is 10.3. The van der Waals surface area contributed by atoms with Crippen molar-refractivity contribution in [2.45, 2.75) is 52.9 Å². The van der Waals surface area contributed by atoms with Crippen LogP contribution in [0.15, 0.2) is 18.2 Å². The minimum absolute atomic E-state index is 0.129. The Morgan fingerprint density at radius 3 is 2.53 bits per heavy atom. The average molecular weight is 233 g/mol. The summed E-state index contributed by atoms with van der Waals surface area (Å²) in [7, 11) is 0. The van der Waals surface area contributed by atoms with Crippen molar-refractivity contribution >= 4 is 11.6 Å². The fourth-order valence-corrected chi connectivity index (χ4v) is 1.75. The maximum Gasteiger partial charge on any atom is 0.224 e. The Morgan fingerprint density at radius 1 is 1.12 bits per heavy atom. The zero-order valence-electron chi connectivity index (χ0n) is 11.2. The molecule has 1 amide bonds. The van der Waals surface area contributed by atoms with Crippen LogP contribution in [0.5, 0.6) is 0 Å². The van der Waals surface area contributed by atoms with Crippen molar-refractivity contribution in [1.82, 2.24) is 0 Å². The van der Waals surface area contributed by atoms with Crippen LogP contribution in [0.4, 0.5) is 5.69 Å². The van der Waals surface area contributed by atoms with Crippen molar-refractivity contribution in [3.63, 3.8) is 0 Å². The Labute approximate surface area is 104 Å². The van der Waals surface area contributed by atoms with Gasteiger partial charge < -0.3 is 5.32 Å². The van der Waals surface area contributed by atoms with Crippen molar-refractivity contribution in [3.05, 3.63) is 29.3 Å². The molecule has 0 bridgehead atoms. The molecule has 0 unspecified atom stereocenters.